The molecule has 10 heteroatoms. The van der Waals surface area contributed by atoms with Crippen molar-refractivity contribution < 1.29 is 22.6 Å². The summed E-state index contributed by atoms with van der Waals surface area (Å²) in [5.74, 6) is 0.214. The average Bonchev–Trinajstić information content (AvgIpc) is 2.58. The van der Waals surface area contributed by atoms with Gasteiger partial charge in [-0.3, -0.25) is 0 Å². The zero-order valence-corrected chi connectivity index (χ0v) is 14.2. The molecule has 0 fully saturated rings. The van der Waals surface area contributed by atoms with Crippen molar-refractivity contribution in [2.24, 2.45) is 10.7 Å². The van der Waals surface area contributed by atoms with E-state index in [0.717, 1.165) is 0 Å². The summed E-state index contributed by atoms with van der Waals surface area (Å²) in [4.78, 5) is 8.06. The quantitative estimate of drug-likeness (QED) is 0.432. The highest BCUT2D eigenvalue weighted by molar-refractivity contribution is 6.31. The first kappa shape index (κ1) is 19.6. The third kappa shape index (κ3) is 7.06. The van der Waals surface area contributed by atoms with Gasteiger partial charge in [0, 0.05) is 6.20 Å². The minimum Gasteiger partial charge on any atom is -0.475 e. The van der Waals surface area contributed by atoms with Gasteiger partial charge in [-0.25, -0.2) is 9.98 Å². The molecule has 0 saturated heterocycles. The highest BCUT2D eigenvalue weighted by atomic mass is 35.5. The smallest absolute Gasteiger partial charge is 0.475 e. The number of alkyl halides is 3. The summed E-state index contributed by atoms with van der Waals surface area (Å²) in [5.41, 5.74) is 6.39. The normalized spacial score (nSPS) is 11.9. The van der Waals surface area contributed by atoms with Crippen LogP contribution in [0.5, 0.6) is 11.6 Å². The van der Waals surface area contributed by atoms with Crippen molar-refractivity contribution in [1.82, 2.24) is 10.3 Å². The molecule has 0 aliphatic rings. The molecular weight excluding hydrogens is 373 g/mol. The number of ether oxygens (including phenoxy) is 2. The van der Waals surface area contributed by atoms with Crippen LogP contribution in [0.1, 0.15) is 5.56 Å². The van der Waals surface area contributed by atoms with Crippen molar-refractivity contribution in [1.29, 1.82) is 0 Å². The minimum atomic E-state index is -4.71. The first-order chi connectivity index (χ1) is 12.3. The molecule has 3 N–H and O–H groups in total. The van der Waals surface area contributed by atoms with E-state index in [0.29, 0.717) is 23.0 Å². The Hall–Kier alpha value is -2.68. The summed E-state index contributed by atoms with van der Waals surface area (Å²) in [6, 6.07) is 8.74. The third-order valence-corrected chi connectivity index (χ3v) is 3.25. The van der Waals surface area contributed by atoms with Crippen molar-refractivity contribution in [3.63, 3.8) is 0 Å². The molecular formula is C16H16ClF3N4O2. The Morgan fingerprint density at radius 1 is 1.23 bits per heavy atom. The molecule has 6 nitrogen and oxygen atoms in total. The number of halogens is 4. The van der Waals surface area contributed by atoms with E-state index in [4.69, 9.17) is 22.1 Å². The number of pyridine rings is 1. The Balaban J connectivity index is 1.73. The van der Waals surface area contributed by atoms with Gasteiger partial charge in [0.1, 0.15) is 17.4 Å². The molecule has 0 bridgehead atoms. The maximum absolute atomic E-state index is 12.1. The summed E-state index contributed by atoms with van der Waals surface area (Å²) in [5, 5.41) is 3.25. The van der Waals surface area contributed by atoms with Crippen molar-refractivity contribution >= 4 is 17.6 Å². The molecule has 26 heavy (non-hydrogen) atoms. The SMILES string of the molecule is NC(=NCc1ccc(OC(F)(F)F)cc1)NCCOc1ncccc1Cl. The second-order valence-corrected chi connectivity index (χ2v) is 5.37. The van der Waals surface area contributed by atoms with Crippen LogP contribution in [0.3, 0.4) is 0 Å². The molecule has 1 aromatic carbocycles. The van der Waals surface area contributed by atoms with Gasteiger partial charge in [-0.2, -0.15) is 0 Å². The number of hydrogen-bond acceptors (Lipinski definition) is 4. The second-order valence-electron chi connectivity index (χ2n) is 4.96. The number of nitrogens with one attached hydrogen (secondary N) is 1. The van der Waals surface area contributed by atoms with Crippen molar-refractivity contribution in [2.75, 3.05) is 13.2 Å². The second kappa shape index (κ2) is 9.14. The first-order valence-electron chi connectivity index (χ1n) is 7.45. The number of guanidine groups is 1. The standard InChI is InChI=1S/C16H16ClF3N4O2/c17-13-2-1-7-22-14(13)25-9-8-23-15(21)24-10-11-3-5-12(6-4-11)26-16(18,19)20/h1-7H,8-10H2,(H3,21,23,24). The topological polar surface area (TPSA) is 81.8 Å². The van der Waals surface area contributed by atoms with Crippen LogP contribution in [0.2, 0.25) is 5.02 Å². The highest BCUT2D eigenvalue weighted by Crippen LogP contribution is 2.23. The Bertz CT molecular complexity index is 739. The number of nitrogens with zero attached hydrogens (tertiary/aromatic N) is 2. The number of nitrogens with two attached hydrogens (primary N) is 1. The lowest BCUT2D eigenvalue weighted by Gasteiger charge is -2.09. The predicted molar refractivity (Wildman–Crippen MR) is 91.2 cm³/mol. The van der Waals surface area contributed by atoms with E-state index >= 15 is 0 Å². The highest BCUT2D eigenvalue weighted by Gasteiger charge is 2.30. The average molecular weight is 389 g/mol. The number of aromatic nitrogens is 1. The summed E-state index contributed by atoms with van der Waals surface area (Å²) in [7, 11) is 0. The zero-order valence-electron chi connectivity index (χ0n) is 13.5. The maximum Gasteiger partial charge on any atom is 0.573 e. The molecule has 2 rings (SSSR count). The molecule has 0 aliphatic heterocycles. The molecule has 2 aromatic rings. The van der Waals surface area contributed by atoms with Gasteiger partial charge in [-0.05, 0) is 29.8 Å². The number of rotatable bonds is 7. The summed E-state index contributed by atoms with van der Waals surface area (Å²) in [6.07, 6.45) is -3.15. The largest absolute Gasteiger partial charge is 0.573 e. The number of benzene rings is 1. The van der Waals surface area contributed by atoms with Gasteiger partial charge in [0.25, 0.3) is 0 Å². The Morgan fingerprint density at radius 2 is 1.96 bits per heavy atom. The molecule has 1 heterocycles. The van der Waals surface area contributed by atoms with Crippen molar-refractivity contribution in [3.05, 3.63) is 53.2 Å². The van der Waals surface area contributed by atoms with Crippen LogP contribution in [0.25, 0.3) is 0 Å². The first-order valence-corrected chi connectivity index (χ1v) is 7.83. The van der Waals surface area contributed by atoms with E-state index in [1.165, 1.54) is 24.3 Å². The van der Waals surface area contributed by atoms with Crippen LogP contribution >= 0.6 is 11.6 Å². The fourth-order valence-electron chi connectivity index (χ4n) is 1.83. The van der Waals surface area contributed by atoms with Crippen LogP contribution in [-0.4, -0.2) is 30.5 Å². The molecule has 0 saturated carbocycles. The lowest BCUT2D eigenvalue weighted by Crippen LogP contribution is -2.34. The van der Waals surface area contributed by atoms with Crippen LogP contribution < -0.4 is 20.5 Å². The third-order valence-electron chi connectivity index (χ3n) is 2.96. The summed E-state index contributed by atoms with van der Waals surface area (Å²) < 4.78 is 45.4. The monoisotopic (exact) mass is 388 g/mol. The van der Waals surface area contributed by atoms with Crippen LogP contribution in [0.15, 0.2) is 47.6 Å². The molecule has 0 radical (unpaired) electrons. The Labute approximate surface area is 152 Å². The van der Waals surface area contributed by atoms with E-state index in [2.05, 4.69) is 20.0 Å². The molecule has 0 aliphatic carbocycles. The van der Waals surface area contributed by atoms with Crippen molar-refractivity contribution in [3.8, 4) is 11.6 Å². The van der Waals surface area contributed by atoms with Gasteiger partial charge in [0.05, 0.1) is 13.1 Å². The van der Waals surface area contributed by atoms with Gasteiger partial charge >= 0.3 is 6.36 Å². The molecule has 1 aromatic heterocycles. The molecule has 140 valence electrons. The number of aliphatic imine (C=N–C) groups is 1. The minimum absolute atomic E-state index is 0.177. The maximum atomic E-state index is 12.1. The molecule has 0 atom stereocenters. The van der Waals surface area contributed by atoms with E-state index in [1.54, 1.807) is 18.3 Å². The summed E-state index contributed by atoms with van der Waals surface area (Å²) in [6.45, 7) is 0.856. The Morgan fingerprint density at radius 3 is 2.62 bits per heavy atom. The molecule has 0 spiro atoms. The molecule has 0 amide bonds. The van der Waals surface area contributed by atoms with E-state index in [9.17, 15) is 13.2 Å². The number of hydrogen-bond donors (Lipinski definition) is 2. The van der Waals surface area contributed by atoms with Crippen LogP contribution in [-0.2, 0) is 6.54 Å². The van der Waals surface area contributed by atoms with Gasteiger partial charge in [-0.15, -0.1) is 13.2 Å². The van der Waals surface area contributed by atoms with Gasteiger partial charge in [0.2, 0.25) is 5.88 Å². The van der Waals surface area contributed by atoms with E-state index < -0.39 is 6.36 Å². The van der Waals surface area contributed by atoms with Gasteiger partial charge in [0.15, 0.2) is 5.96 Å². The lowest BCUT2D eigenvalue weighted by molar-refractivity contribution is -0.274. The lowest BCUT2D eigenvalue weighted by atomic mass is 10.2. The van der Waals surface area contributed by atoms with E-state index in [1.807, 2.05) is 0 Å². The molecule has 0 unspecified atom stereocenters. The fourth-order valence-corrected chi connectivity index (χ4v) is 2.01. The Kier molecular flexibility index (Phi) is 6.90. The fraction of sp³-hybridized carbons (Fsp3) is 0.250. The van der Waals surface area contributed by atoms with Gasteiger partial charge < -0.3 is 20.5 Å². The van der Waals surface area contributed by atoms with E-state index in [-0.39, 0.29) is 24.9 Å². The predicted octanol–water partition coefficient (Wildman–Crippen LogP) is 3.12. The van der Waals surface area contributed by atoms with Gasteiger partial charge in [-0.1, -0.05) is 23.7 Å². The zero-order chi connectivity index (χ0) is 19.0. The summed E-state index contributed by atoms with van der Waals surface area (Å²) >= 11 is 5.90. The van der Waals surface area contributed by atoms with Crippen molar-refractivity contribution in [2.45, 2.75) is 12.9 Å². The van der Waals surface area contributed by atoms with Crippen LogP contribution in [0.4, 0.5) is 13.2 Å². The van der Waals surface area contributed by atoms with Crippen LogP contribution in [0, 0.1) is 0 Å².